The van der Waals surface area contributed by atoms with Crippen molar-refractivity contribution in [2.45, 2.75) is 20.0 Å². The highest BCUT2D eigenvalue weighted by atomic mass is 19.1. The molecule has 4 nitrogen and oxygen atoms in total. The molecule has 1 atom stereocenters. The van der Waals surface area contributed by atoms with Crippen LogP contribution in [0.3, 0.4) is 0 Å². The van der Waals surface area contributed by atoms with Crippen LogP contribution in [-0.4, -0.2) is 34.0 Å². The molecule has 0 saturated carbocycles. The highest BCUT2D eigenvalue weighted by Gasteiger charge is 2.15. The van der Waals surface area contributed by atoms with Crippen molar-refractivity contribution < 1.29 is 9.18 Å². The molecule has 2 aromatic carbocycles. The average Bonchev–Trinajstić information content (AvgIpc) is 3.12. The Morgan fingerprint density at radius 3 is 2.61 bits per heavy atom. The van der Waals surface area contributed by atoms with E-state index in [-0.39, 0.29) is 12.5 Å². The summed E-state index contributed by atoms with van der Waals surface area (Å²) in [5, 5.41) is 0. The number of alkyl halides is 1. The Bertz CT molecular complexity index is 979. The first kappa shape index (κ1) is 19.5. The Labute approximate surface area is 165 Å². The van der Waals surface area contributed by atoms with Gasteiger partial charge in [0, 0.05) is 25.0 Å². The van der Waals surface area contributed by atoms with Crippen LogP contribution in [0.15, 0.2) is 67.1 Å². The number of benzene rings is 2. The summed E-state index contributed by atoms with van der Waals surface area (Å²) in [6.07, 6.45) is 5.78. The fourth-order valence-electron chi connectivity index (χ4n) is 3.02. The van der Waals surface area contributed by atoms with Gasteiger partial charge in [-0.05, 0) is 48.7 Å². The van der Waals surface area contributed by atoms with Crippen LogP contribution >= 0.6 is 0 Å². The van der Waals surface area contributed by atoms with Crippen molar-refractivity contribution in [2.75, 3.05) is 13.6 Å². The quantitative estimate of drug-likeness (QED) is 0.586. The van der Waals surface area contributed by atoms with E-state index in [4.69, 9.17) is 0 Å². The minimum absolute atomic E-state index is 0.0190. The van der Waals surface area contributed by atoms with Crippen molar-refractivity contribution in [1.82, 2.24) is 14.5 Å². The Morgan fingerprint density at radius 2 is 1.96 bits per heavy atom. The first-order valence-electron chi connectivity index (χ1n) is 9.18. The lowest BCUT2D eigenvalue weighted by Gasteiger charge is -2.18. The summed E-state index contributed by atoms with van der Waals surface area (Å²) >= 11 is 0. The SMILES string of the molecule is Cc1cn(-c2ccc(/C=C/C(=O)N(C)CC(F)c3ccccc3)cc2C)cn1. The van der Waals surface area contributed by atoms with E-state index in [1.165, 1.54) is 11.0 Å². The van der Waals surface area contributed by atoms with Crippen LogP contribution in [0.1, 0.15) is 28.6 Å². The summed E-state index contributed by atoms with van der Waals surface area (Å²) in [5.41, 5.74) is 4.57. The van der Waals surface area contributed by atoms with Crippen molar-refractivity contribution in [3.63, 3.8) is 0 Å². The van der Waals surface area contributed by atoms with Gasteiger partial charge in [-0.3, -0.25) is 4.79 Å². The fraction of sp³-hybridized carbons (Fsp3) is 0.217. The van der Waals surface area contributed by atoms with E-state index in [1.807, 2.05) is 48.9 Å². The first-order chi connectivity index (χ1) is 13.4. The number of rotatable bonds is 6. The van der Waals surface area contributed by atoms with Gasteiger partial charge in [0.05, 0.1) is 18.6 Å². The largest absolute Gasteiger partial charge is 0.339 e. The number of carbonyl (C=O) groups excluding carboxylic acids is 1. The van der Waals surface area contributed by atoms with E-state index in [2.05, 4.69) is 4.98 Å². The molecule has 0 radical (unpaired) electrons. The summed E-state index contributed by atoms with van der Waals surface area (Å²) in [7, 11) is 1.61. The van der Waals surface area contributed by atoms with E-state index in [1.54, 1.807) is 43.7 Å². The molecule has 1 aromatic heterocycles. The summed E-state index contributed by atoms with van der Waals surface area (Å²) in [4.78, 5) is 18.0. The number of carbonyl (C=O) groups is 1. The van der Waals surface area contributed by atoms with Gasteiger partial charge in [-0.2, -0.15) is 0 Å². The molecule has 0 bridgehead atoms. The maximum atomic E-state index is 14.3. The Hall–Kier alpha value is -3.21. The van der Waals surface area contributed by atoms with Crippen molar-refractivity contribution in [2.24, 2.45) is 0 Å². The van der Waals surface area contributed by atoms with Gasteiger partial charge in [0.2, 0.25) is 5.91 Å². The van der Waals surface area contributed by atoms with Crippen molar-refractivity contribution >= 4 is 12.0 Å². The van der Waals surface area contributed by atoms with E-state index in [0.29, 0.717) is 5.56 Å². The number of nitrogens with zero attached hydrogens (tertiary/aromatic N) is 3. The summed E-state index contributed by atoms with van der Waals surface area (Å²) < 4.78 is 16.3. The van der Waals surface area contributed by atoms with Crippen LogP contribution in [0.2, 0.25) is 0 Å². The minimum atomic E-state index is -1.20. The van der Waals surface area contributed by atoms with Gasteiger partial charge in [-0.1, -0.05) is 36.4 Å². The number of aryl methyl sites for hydroxylation is 2. The smallest absolute Gasteiger partial charge is 0.246 e. The predicted octanol–water partition coefficient (Wildman–Crippen LogP) is 4.67. The molecular formula is C23H24FN3O. The highest BCUT2D eigenvalue weighted by molar-refractivity contribution is 5.91. The highest BCUT2D eigenvalue weighted by Crippen LogP contribution is 2.19. The molecule has 1 unspecified atom stereocenters. The third kappa shape index (κ3) is 4.74. The van der Waals surface area contributed by atoms with Gasteiger partial charge in [-0.25, -0.2) is 9.37 Å². The van der Waals surface area contributed by atoms with Crippen LogP contribution in [0.5, 0.6) is 0 Å². The molecule has 0 fully saturated rings. The van der Waals surface area contributed by atoms with E-state index in [0.717, 1.165) is 22.5 Å². The standard InChI is InChI=1S/C23H24FN3O/c1-17-13-19(9-11-22(17)27-14-18(2)25-16-27)10-12-23(28)26(3)15-21(24)20-7-5-4-6-8-20/h4-14,16,21H,15H2,1-3H3/b12-10+. The van der Waals surface area contributed by atoms with Gasteiger partial charge in [-0.15, -0.1) is 0 Å². The summed E-state index contributed by atoms with van der Waals surface area (Å²) in [6, 6.07) is 14.8. The second kappa shape index (κ2) is 8.65. The van der Waals surface area contributed by atoms with Crippen LogP contribution in [-0.2, 0) is 4.79 Å². The number of amides is 1. The first-order valence-corrected chi connectivity index (χ1v) is 9.18. The number of hydrogen-bond donors (Lipinski definition) is 0. The fourth-order valence-corrected chi connectivity index (χ4v) is 3.02. The van der Waals surface area contributed by atoms with Gasteiger partial charge < -0.3 is 9.47 Å². The summed E-state index contributed by atoms with van der Waals surface area (Å²) in [6.45, 7) is 3.99. The third-order valence-corrected chi connectivity index (χ3v) is 4.60. The monoisotopic (exact) mass is 377 g/mol. The molecule has 1 amide bonds. The van der Waals surface area contributed by atoms with Crippen LogP contribution in [0, 0.1) is 13.8 Å². The van der Waals surface area contributed by atoms with Gasteiger partial charge in [0.1, 0.15) is 6.17 Å². The topological polar surface area (TPSA) is 38.1 Å². The zero-order valence-corrected chi connectivity index (χ0v) is 16.3. The van der Waals surface area contributed by atoms with Gasteiger partial charge >= 0.3 is 0 Å². The van der Waals surface area contributed by atoms with Gasteiger partial charge in [0.25, 0.3) is 0 Å². The maximum absolute atomic E-state index is 14.3. The Morgan fingerprint density at radius 1 is 1.21 bits per heavy atom. The van der Waals surface area contributed by atoms with E-state index >= 15 is 0 Å². The zero-order valence-electron chi connectivity index (χ0n) is 16.3. The van der Waals surface area contributed by atoms with Gasteiger partial charge in [0.15, 0.2) is 0 Å². The van der Waals surface area contributed by atoms with Crippen molar-refractivity contribution in [3.8, 4) is 5.69 Å². The normalized spacial score (nSPS) is 12.3. The number of hydrogen-bond acceptors (Lipinski definition) is 2. The third-order valence-electron chi connectivity index (χ3n) is 4.60. The number of imidazole rings is 1. The number of likely N-dealkylation sites (N-methyl/N-ethyl adjacent to an activating group) is 1. The molecule has 0 aliphatic heterocycles. The lowest BCUT2D eigenvalue weighted by molar-refractivity contribution is -0.125. The Balaban J connectivity index is 1.64. The molecule has 0 N–H and O–H groups in total. The molecular weight excluding hydrogens is 353 g/mol. The van der Waals surface area contributed by atoms with Crippen LogP contribution in [0.25, 0.3) is 11.8 Å². The second-order valence-electron chi connectivity index (χ2n) is 6.90. The minimum Gasteiger partial charge on any atom is -0.339 e. The molecule has 0 aliphatic rings. The predicted molar refractivity (Wildman–Crippen MR) is 110 cm³/mol. The molecule has 28 heavy (non-hydrogen) atoms. The molecule has 0 spiro atoms. The lowest BCUT2D eigenvalue weighted by atomic mass is 10.1. The second-order valence-corrected chi connectivity index (χ2v) is 6.90. The maximum Gasteiger partial charge on any atom is 0.246 e. The van der Waals surface area contributed by atoms with Crippen LogP contribution < -0.4 is 0 Å². The van der Waals surface area contributed by atoms with E-state index < -0.39 is 6.17 Å². The molecule has 3 rings (SSSR count). The summed E-state index contributed by atoms with van der Waals surface area (Å²) in [5.74, 6) is -0.231. The number of halogens is 1. The number of aromatic nitrogens is 2. The zero-order chi connectivity index (χ0) is 20.1. The Kier molecular flexibility index (Phi) is 6.04. The molecule has 144 valence electrons. The molecule has 3 aromatic rings. The van der Waals surface area contributed by atoms with Crippen molar-refractivity contribution in [1.29, 1.82) is 0 Å². The molecule has 1 heterocycles. The van der Waals surface area contributed by atoms with Crippen LogP contribution in [0.4, 0.5) is 4.39 Å². The molecule has 0 saturated heterocycles. The van der Waals surface area contributed by atoms with E-state index in [9.17, 15) is 9.18 Å². The molecule has 5 heteroatoms. The lowest BCUT2D eigenvalue weighted by Crippen LogP contribution is -2.28. The van der Waals surface area contributed by atoms with Crippen molar-refractivity contribution in [3.05, 3.63) is 89.5 Å². The average molecular weight is 377 g/mol. The molecule has 0 aliphatic carbocycles.